The van der Waals surface area contributed by atoms with Gasteiger partial charge in [0.2, 0.25) is 5.91 Å². The lowest BCUT2D eigenvalue weighted by atomic mass is 9.94. The van der Waals surface area contributed by atoms with E-state index in [9.17, 15) is 13.6 Å². The van der Waals surface area contributed by atoms with Gasteiger partial charge < -0.3 is 10.5 Å². The van der Waals surface area contributed by atoms with Crippen molar-refractivity contribution in [2.45, 2.75) is 6.61 Å². The van der Waals surface area contributed by atoms with Crippen LogP contribution in [0.2, 0.25) is 0 Å². The molecule has 0 aromatic heterocycles. The first-order chi connectivity index (χ1) is 16.0. The minimum absolute atomic E-state index is 0.396. The summed E-state index contributed by atoms with van der Waals surface area (Å²) in [6.45, 7) is 0.433. The predicted molar refractivity (Wildman–Crippen MR) is 126 cm³/mol. The standard InChI is InChI=1S/C28H21F2NO2/c29-24-14-23(15-25(30)17-24)20-9-11-27(22(13-20)10-12-28(31)32)21-7-4-8-26(16-21)33-18-19-5-2-1-3-6-19/h1-17H,18H2,(H2,31,32)/b12-10+. The molecule has 0 bridgehead atoms. The molecular weight excluding hydrogens is 420 g/mol. The monoisotopic (exact) mass is 441 g/mol. The highest BCUT2D eigenvalue weighted by Gasteiger charge is 2.10. The van der Waals surface area contributed by atoms with Gasteiger partial charge >= 0.3 is 0 Å². The van der Waals surface area contributed by atoms with Gasteiger partial charge in [-0.15, -0.1) is 0 Å². The highest BCUT2D eigenvalue weighted by molar-refractivity contribution is 5.92. The van der Waals surface area contributed by atoms with E-state index in [1.165, 1.54) is 18.2 Å². The van der Waals surface area contributed by atoms with Crippen LogP contribution >= 0.6 is 0 Å². The van der Waals surface area contributed by atoms with Crippen LogP contribution in [0, 0.1) is 11.6 Å². The minimum Gasteiger partial charge on any atom is -0.489 e. The Morgan fingerprint density at radius 1 is 0.788 bits per heavy atom. The van der Waals surface area contributed by atoms with Gasteiger partial charge in [-0.3, -0.25) is 4.79 Å². The van der Waals surface area contributed by atoms with Gasteiger partial charge in [0, 0.05) is 12.1 Å². The molecule has 5 heteroatoms. The lowest BCUT2D eigenvalue weighted by Crippen LogP contribution is -2.05. The molecule has 3 nitrogen and oxygen atoms in total. The summed E-state index contributed by atoms with van der Waals surface area (Å²) in [5.74, 6) is -1.22. The number of hydrogen-bond donors (Lipinski definition) is 1. The van der Waals surface area contributed by atoms with Gasteiger partial charge in [-0.2, -0.15) is 0 Å². The molecule has 4 aromatic carbocycles. The Morgan fingerprint density at radius 2 is 1.55 bits per heavy atom. The van der Waals surface area contributed by atoms with Crippen LogP contribution < -0.4 is 10.5 Å². The van der Waals surface area contributed by atoms with Gasteiger partial charge in [-0.05, 0) is 69.8 Å². The number of carbonyl (C=O) groups excluding carboxylic acids is 1. The molecule has 164 valence electrons. The number of ether oxygens (including phenoxy) is 1. The summed E-state index contributed by atoms with van der Waals surface area (Å²) in [5.41, 5.74) is 9.71. The largest absolute Gasteiger partial charge is 0.489 e. The molecule has 0 aliphatic rings. The van der Waals surface area contributed by atoms with Crippen LogP contribution in [0.4, 0.5) is 8.78 Å². The van der Waals surface area contributed by atoms with Gasteiger partial charge in [-0.25, -0.2) is 8.78 Å². The Hall–Kier alpha value is -4.25. The lowest BCUT2D eigenvalue weighted by Gasteiger charge is -2.12. The predicted octanol–water partition coefficient (Wildman–Crippen LogP) is 6.38. The molecule has 1 amide bonds. The molecule has 0 saturated heterocycles. The Bertz CT molecular complexity index is 1300. The fraction of sp³-hybridized carbons (Fsp3) is 0.0357. The quantitative estimate of drug-likeness (QED) is 0.339. The zero-order valence-corrected chi connectivity index (χ0v) is 17.7. The summed E-state index contributed by atoms with van der Waals surface area (Å²) in [6, 6.07) is 26.2. The molecule has 0 spiro atoms. The minimum atomic E-state index is -0.661. The second-order valence-corrected chi connectivity index (χ2v) is 7.50. The molecule has 33 heavy (non-hydrogen) atoms. The molecule has 4 aromatic rings. The Balaban J connectivity index is 1.69. The molecule has 0 aliphatic carbocycles. The molecule has 0 atom stereocenters. The van der Waals surface area contributed by atoms with Crippen LogP contribution in [0.5, 0.6) is 5.75 Å². The summed E-state index contributed by atoms with van der Waals surface area (Å²) in [4.78, 5) is 11.4. The van der Waals surface area contributed by atoms with E-state index >= 15 is 0 Å². The molecular formula is C28H21F2NO2. The van der Waals surface area contributed by atoms with Crippen molar-refractivity contribution in [2.24, 2.45) is 5.73 Å². The number of benzene rings is 4. The number of nitrogens with two attached hydrogens (primary N) is 1. The fourth-order valence-corrected chi connectivity index (χ4v) is 3.53. The number of primary amides is 1. The normalized spacial score (nSPS) is 11.0. The van der Waals surface area contributed by atoms with Crippen molar-refractivity contribution >= 4 is 12.0 Å². The number of hydrogen-bond acceptors (Lipinski definition) is 2. The van der Waals surface area contributed by atoms with Gasteiger partial charge in [0.1, 0.15) is 24.0 Å². The number of amides is 1. The molecule has 0 saturated carbocycles. The highest BCUT2D eigenvalue weighted by Crippen LogP contribution is 2.32. The average Bonchev–Trinajstić information content (AvgIpc) is 2.81. The van der Waals surface area contributed by atoms with E-state index in [0.29, 0.717) is 29.0 Å². The van der Waals surface area contributed by atoms with Crippen LogP contribution in [0.1, 0.15) is 11.1 Å². The summed E-state index contributed by atoms with van der Waals surface area (Å²) >= 11 is 0. The maximum Gasteiger partial charge on any atom is 0.241 e. The topological polar surface area (TPSA) is 52.3 Å². The van der Waals surface area contributed by atoms with Gasteiger partial charge in [0.05, 0.1) is 0 Å². The lowest BCUT2D eigenvalue weighted by molar-refractivity contribution is -0.113. The van der Waals surface area contributed by atoms with Crippen molar-refractivity contribution < 1.29 is 18.3 Å². The zero-order chi connectivity index (χ0) is 23.2. The van der Waals surface area contributed by atoms with Gasteiger partial charge in [-0.1, -0.05) is 54.6 Å². The van der Waals surface area contributed by atoms with E-state index in [0.717, 1.165) is 22.8 Å². The number of carbonyl (C=O) groups is 1. The maximum atomic E-state index is 13.7. The highest BCUT2D eigenvalue weighted by atomic mass is 19.1. The smallest absolute Gasteiger partial charge is 0.241 e. The molecule has 0 heterocycles. The average molecular weight is 441 g/mol. The van der Waals surface area contributed by atoms with Crippen molar-refractivity contribution in [2.75, 3.05) is 0 Å². The molecule has 0 unspecified atom stereocenters. The fourth-order valence-electron chi connectivity index (χ4n) is 3.53. The van der Waals surface area contributed by atoms with E-state index in [1.807, 2.05) is 60.7 Å². The maximum absolute atomic E-state index is 13.7. The zero-order valence-electron chi connectivity index (χ0n) is 17.7. The van der Waals surface area contributed by atoms with Gasteiger partial charge in [0.25, 0.3) is 0 Å². The second kappa shape index (κ2) is 9.92. The summed E-state index contributed by atoms with van der Waals surface area (Å²) < 4.78 is 33.4. The van der Waals surface area contributed by atoms with E-state index in [1.54, 1.807) is 18.2 Å². The second-order valence-electron chi connectivity index (χ2n) is 7.50. The first-order valence-electron chi connectivity index (χ1n) is 10.3. The Morgan fingerprint density at radius 3 is 2.27 bits per heavy atom. The van der Waals surface area contributed by atoms with Crippen LogP contribution in [-0.4, -0.2) is 5.91 Å². The molecule has 0 aliphatic heterocycles. The van der Waals surface area contributed by atoms with Crippen LogP contribution in [0.3, 0.4) is 0 Å². The summed E-state index contributed by atoms with van der Waals surface area (Å²) in [5, 5.41) is 0. The third kappa shape index (κ3) is 5.71. The van der Waals surface area contributed by atoms with Crippen molar-refractivity contribution in [3.8, 4) is 28.0 Å². The third-order valence-corrected chi connectivity index (χ3v) is 5.07. The van der Waals surface area contributed by atoms with Gasteiger partial charge in [0.15, 0.2) is 0 Å². The third-order valence-electron chi connectivity index (χ3n) is 5.07. The molecule has 0 fully saturated rings. The van der Waals surface area contributed by atoms with Crippen molar-refractivity contribution in [1.29, 1.82) is 0 Å². The first kappa shape index (κ1) is 22.0. The summed E-state index contributed by atoms with van der Waals surface area (Å²) in [7, 11) is 0. The molecule has 2 N–H and O–H groups in total. The van der Waals surface area contributed by atoms with Crippen molar-refractivity contribution in [3.63, 3.8) is 0 Å². The number of rotatable bonds is 7. The van der Waals surface area contributed by atoms with Crippen LogP contribution in [-0.2, 0) is 11.4 Å². The molecule has 0 radical (unpaired) electrons. The van der Waals surface area contributed by atoms with E-state index in [-0.39, 0.29) is 0 Å². The Kier molecular flexibility index (Phi) is 6.60. The van der Waals surface area contributed by atoms with Crippen LogP contribution in [0.15, 0.2) is 97.1 Å². The molecule has 4 rings (SSSR count). The van der Waals surface area contributed by atoms with E-state index in [4.69, 9.17) is 10.5 Å². The van der Waals surface area contributed by atoms with E-state index in [2.05, 4.69) is 0 Å². The van der Waals surface area contributed by atoms with Crippen molar-refractivity contribution in [3.05, 3.63) is 120 Å². The Labute approximate surface area is 190 Å². The van der Waals surface area contributed by atoms with E-state index < -0.39 is 17.5 Å². The van der Waals surface area contributed by atoms with Crippen LogP contribution in [0.25, 0.3) is 28.3 Å². The summed E-state index contributed by atoms with van der Waals surface area (Å²) in [6.07, 6.45) is 2.85. The van der Waals surface area contributed by atoms with Crippen molar-refractivity contribution in [1.82, 2.24) is 0 Å². The SMILES string of the molecule is NC(=O)/C=C/c1cc(-c2cc(F)cc(F)c2)ccc1-c1cccc(OCc2ccccc2)c1. The number of halogens is 2. The first-order valence-corrected chi connectivity index (χ1v) is 10.3.